The van der Waals surface area contributed by atoms with Gasteiger partial charge in [-0.25, -0.2) is 0 Å². The second kappa shape index (κ2) is 7.28. The molecule has 2 aromatic carbocycles. The number of fused-ring (bicyclic) bond motifs is 2. The van der Waals surface area contributed by atoms with Gasteiger partial charge in [0.25, 0.3) is 5.91 Å². The lowest BCUT2D eigenvalue weighted by Gasteiger charge is -2.24. The van der Waals surface area contributed by atoms with E-state index in [1.165, 1.54) is 5.56 Å². The molecule has 0 aliphatic carbocycles. The molecule has 2 fully saturated rings. The summed E-state index contributed by atoms with van der Waals surface area (Å²) < 4.78 is 0. The van der Waals surface area contributed by atoms with Gasteiger partial charge in [0.1, 0.15) is 5.69 Å². The molecule has 2 aliphatic heterocycles. The predicted octanol–water partition coefficient (Wildman–Crippen LogP) is 4.17. The average Bonchev–Trinajstić information content (AvgIpc) is 3.43. The van der Waals surface area contributed by atoms with E-state index in [1.54, 1.807) is 0 Å². The van der Waals surface area contributed by atoms with Crippen molar-refractivity contribution in [1.29, 1.82) is 0 Å². The molecule has 1 aromatic heterocycles. The molecule has 28 heavy (non-hydrogen) atoms. The number of H-pyrrole nitrogens is 1. The summed E-state index contributed by atoms with van der Waals surface area (Å²) in [5.74, 6) is 0.144. The molecular formula is C24H25N3O. The van der Waals surface area contributed by atoms with E-state index in [2.05, 4.69) is 51.2 Å². The van der Waals surface area contributed by atoms with Gasteiger partial charge in [-0.3, -0.25) is 9.69 Å². The molecule has 0 bridgehead atoms. The van der Waals surface area contributed by atoms with Gasteiger partial charge < -0.3 is 9.88 Å². The lowest BCUT2D eigenvalue weighted by atomic mass is 10.1. The monoisotopic (exact) mass is 371 g/mol. The normalized spacial score (nSPS) is 22.4. The Morgan fingerprint density at radius 1 is 1.00 bits per heavy atom. The van der Waals surface area contributed by atoms with Crippen LogP contribution in [0.4, 0.5) is 0 Å². The fourth-order valence-electron chi connectivity index (χ4n) is 4.79. The van der Waals surface area contributed by atoms with Gasteiger partial charge in [-0.2, -0.15) is 0 Å². The van der Waals surface area contributed by atoms with Crippen LogP contribution in [0.15, 0.2) is 66.7 Å². The summed E-state index contributed by atoms with van der Waals surface area (Å²) in [7, 11) is 0. The zero-order valence-electron chi connectivity index (χ0n) is 15.9. The largest absolute Gasteiger partial charge is 0.351 e. The van der Waals surface area contributed by atoms with E-state index in [0.29, 0.717) is 17.8 Å². The van der Waals surface area contributed by atoms with E-state index in [-0.39, 0.29) is 5.91 Å². The van der Waals surface area contributed by atoms with Crippen LogP contribution in [0.2, 0.25) is 0 Å². The van der Waals surface area contributed by atoms with Crippen molar-refractivity contribution >= 4 is 22.9 Å². The first-order valence-electron chi connectivity index (χ1n) is 10.1. The molecule has 5 rings (SSSR count). The Labute approximate surface area is 165 Å². The zero-order valence-corrected chi connectivity index (χ0v) is 15.9. The molecule has 2 atom stereocenters. The fourth-order valence-corrected chi connectivity index (χ4v) is 4.79. The lowest BCUT2D eigenvalue weighted by Crippen LogP contribution is -2.39. The van der Waals surface area contributed by atoms with Crippen LogP contribution in [0.5, 0.6) is 0 Å². The van der Waals surface area contributed by atoms with Gasteiger partial charge in [-0.15, -0.1) is 0 Å². The summed E-state index contributed by atoms with van der Waals surface area (Å²) in [6.07, 6.45) is 6.57. The first-order valence-corrected chi connectivity index (χ1v) is 10.1. The van der Waals surface area contributed by atoms with Gasteiger partial charge in [-0.1, -0.05) is 60.7 Å². The number of amides is 1. The van der Waals surface area contributed by atoms with Crippen molar-refractivity contribution in [3.8, 4) is 0 Å². The van der Waals surface area contributed by atoms with E-state index in [4.69, 9.17) is 0 Å². The molecular weight excluding hydrogens is 346 g/mol. The first kappa shape index (κ1) is 17.3. The molecule has 142 valence electrons. The second-order valence-electron chi connectivity index (χ2n) is 7.79. The molecule has 0 radical (unpaired) electrons. The SMILES string of the molecule is O=C(c1cc2ccccc2[nH]1)N1CC[C@H]2[C@@H]1CCN2C/C=C/c1ccccc1. The van der Waals surface area contributed by atoms with Crippen molar-refractivity contribution in [2.45, 2.75) is 24.9 Å². The Bertz CT molecular complexity index is 974. The summed E-state index contributed by atoms with van der Waals surface area (Å²) in [6, 6.07) is 21.3. The van der Waals surface area contributed by atoms with Crippen LogP contribution < -0.4 is 0 Å². The van der Waals surface area contributed by atoms with Crippen LogP contribution in [0.1, 0.15) is 28.9 Å². The minimum Gasteiger partial charge on any atom is -0.351 e. The number of carbonyl (C=O) groups excluding carboxylic acids is 1. The summed E-state index contributed by atoms with van der Waals surface area (Å²) >= 11 is 0. The number of rotatable bonds is 4. The highest BCUT2D eigenvalue weighted by molar-refractivity contribution is 5.98. The van der Waals surface area contributed by atoms with Crippen molar-refractivity contribution in [2.75, 3.05) is 19.6 Å². The fraction of sp³-hybridized carbons (Fsp3) is 0.292. The smallest absolute Gasteiger partial charge is 0.270 e. The number of carbonyl (C=O) groups is 1. The standard InChI is InChI=1S/C24H25N3O/c28-24(21-17-19-10-4-5-11-20(19)25-21)27-16-13-22-23(27)12-15-26(22)14-6-9-18-7-2-1-3-8-18/h1-11,17,22-23,25H,12-16H2/b9-6+/t22-,23-/m0/s1. The molecule has 2 aliphatic rings. The number of aromatic amines is 1. The maximum Gasteiger partial charge on any atom is 0.270 e. The Morgan fingerprint density at radius 3 is 2.64 bits per heavy atom. The van der Waals surface area contributed by atoms with E-state index in [9.17, 15) is 4.79 Å². The van der Waals surface area contributed by atoms with Gasteiger partial charge >= 0.3 is 0 Å². The minimum absolute atomic E-state index is 0.144. The number of benzene rings is 2. The number of likely N-dealkylation sites (tertiary alicyclic amines) is 2. The molecule has 3 aromatic rings. The molecule has 0 unspecified atom stereocenters. The van der Waals surface area contributed by atoms with Gasteiger partial charge in [-0.05, 0) is 30.5 Å². The second-order valence-corrected chi connectivity index (χ2v) is 7.79. The Balaban J connectivity index is 1.26. The third-order valence-corrected chi connectivity index (χ3v) is 6.16. The average molecular weight is 371 g/mol. The van der Waals surface area contributed by atoms with Crippen LogP contribution in [0.3, 0.4) is 0 Å². The first-order chi connectivity index (χ1) is 13.8. The summed E-state index contributed by atoms with van der Waals surface area (Å²) in [5.41, 5.74) is 2.98. The zero-order chi connectivity index (χ0) is 18.9. The molecule has 4 heteroatoms. The highest BCUT2D eigenvalue weighted by Crippen LogP contribution is 2.32. The van der Waals surface area contributed by atoms with Gasteiger partial charge in [0, 0.05) is 42.6 Å². The van der Waals surface area contributed by atoms with E-state index in [1.807, 2.05) is 36.4 Å². The number of nitrogens with zero attached hydrogens (tertiary/aromatic N) is 2. The summed E-state index contributed by atoms with van der Waals surface area (Å²) in [4.78, 5) is 21.1. The van der Waals surface area contributed by atoms with Crippen LogP contribution in [0.25, 0.3) is 17.0 Å². The molecule has 1 N–H and O–H groups in total. The van der Waals surface area contributed by atoms with E-state index < -0.39 is 0 Å². The van der Waals surface area contributed by atoms with Crippen LogP contribution in [-0.4, -0.2) is 52.4 Å². The number of hydrogen-bond donors (Lipinski definition) is 1. The van der Waals surface area contributed by atoms with E-state index >= 15 is 0 Å². The molecule has 0 saturated carbocycles. The highest BCUT2D eigenvalue weighted by atomic mass is 16.2. The Hall–Kier alpha value is -2.85. The quantitative estimate of drug-likeness (QED) is 0.748. The number of para-hydroxylation sites is 1. The predicted molar refractivity (Wildman–Crippen MR) is 113 cm³/mol. The molecule has 4 nitrogen and oxygen atoms in total. The van der Waals surface area contributed by atoms with Crippen LogP contribution in [-0.2, 0) is 0 Å². The van der Waals surface area contributed by atoms with Gasteiger partial charge in [0.05, 0.1) is 0 Å². The van der Waals surface area contributed by atoms with Crippen molar-refractivity contribution in [1.82, 2.24) is 14.8 Å². The van der Waals surface area contributed by atoms with Crippen LogP contribution >= 0.6 is 0 Å². The minimum atomic E-state index is 0.144. The van der Waals surface area contributed by atoms with Crippen molar-refractivity contribution < 1.29 is 4.79 Å². The Kier molecular flexibility index (Phi) is 4.49. The van der Waals surface area contributed by atoms with Gasteiger partial charge in [0.15, 0.2) is 0 Å². The molecule has 0 spiro atoms. The van der Waals surface area contributed by atoms with Crippen molar-refractivity contribution in [3.63, 3.8) is 0 Å². The number of hydrogen-bond acceptors (Lipinski definition) is 2. The van der Waals surface area contributed by atoms with Gasteiger partial charge in [0.2, 0.25) is 0 Å². The third-order valence-electron chi connectivity index (χ3n) is 6.16. The molecule has 2 saturated heterocycles. The van der Waals surface area contributed by atoms with Crippen LogP contribution in [0, 0.1) is 0 Å². The summed E-state index contributed by atoms with van der Waals surface area (Å²) in [5, 5.41) is 1.10. The third kappa shape index (κ3) is 3.14. The topological polar surface area (TPSA) is 39.3 Å². The Morgan fingerprint density at radius 2 is 1.79 bits per heavy atom. The molecule has 1 amide bonds. The molecule has 3 heterocycles. The maximum atomic E-state index is 13.1. The number of nitrogens with one attached hydrogen (secondary N) is 1. The highest BCUT2D eigenvalue weighted by Gasteiger charge is 2.44. The van der Waals surface area contributed by atoms with Crippen molar-refractivity contribution in [2.24, 2.45) is 0 Å². The maximum absolute atomic E-state index is 13.1. The van der Waals surface area contributed by atoms with E-state index in [0.717, 1.165) is 43.4 Å². The summed E-state index contributed by atoms with van der Waals surface area (Å²) in [6.45, 7) is 2.86. The van der Waals surface area contributed by atoms with Crippen molar-refractivity contribution in [3.05, 3.63) is 78.0 Å². The number of aromatic nitrogens is 1. The lowest BCUT2D eigenvalue weighted by molar-refractivity contribution is 0.0728.